The molecule has 7 heteroatoms. The van der Waals surface area contributed by atoms with Crippen molar-refractivity contribution >= 4 is 23.3 Å². The van der Waals surface area contributed by atoms with E-state index in [4.69, 9.17) is 4.74 Å². The van der Waals surface area contributed by atoms with Crippen LogP contribution in [0, 0.1) is 0 Å². The summed E-state index contributed by atoms with van der Waals surface area (Å²) in [5.74, 6) is -0.161. The molecule has 2 unspecified atom stereocenters. The summed E-state index contributed by atoms with van der Waals surface area (Å²) < 4.78 is 5.81. The van der Waals surface area contributed by atoms with E-state index in [1.165, 1.54) is 5.56 Å². The summed E-state index contributed by atoms with van der Waals surface area (Å²) in [6.45, 7) is 7.45. The van der Waals surface area contributed by atoms with Gasteiger partial charge in [-0.05, 0) is 61.4 Å². The van der Waals surface area contributed by atoms with Crippen molar-refractivity contribution in [2.45, 2.75) is 39.1 Å². The Labute approximate surface area is 206 Å². The van der Waals surface area contributed by atoms with Gasteiger partial charge >= 0.3 is 6.03 Å². The maximum absolute atomic E-state index is 12.6. The fourth-order valence-electron chi connectivity index (χ4n) is 4.24. The van der Waals surface area contributed by atoms with Gasteiger partial charge < -0.3 is 20.7 Å². The van der Waals surface area contributed by atoms with Gasteiger partial charge in [-0.1, -0.05) is 42.5 Å². The molecular weight excluding hydrogens is 440 g/mol. The molecule has 3 N–H and O–H groups in total. The van der Waals surface area contributed by atoms with E-state index in [0.717, 1.165) is 25.2 Å². The van der Waals surface area contributed by atoms with Gasteiger partial charge in [0.25, 0.3) is 5.91 Å². The molecule has 7 nitrogen and oxygen atoms in total. The number of rotatable bonds is 7. The van der Waals surface area contributed by atoms with E-state index in [-0.39, 0.29) is 24.1 Å². The maximum Gasteiger partial charge on any atom is 0.323 e. The Bertz CT molecular complexity index is 1110. The summed E-state index contributed by atoms with van der Waals surface area (Å²) in [6.07, 6.45) is 0.508. The first-order valence-electron chi connectivity index (χ1n) is 11.9. The Balaban J connectivity index is 1.23. The molecule has 1 heterocycles. The topological polar surface area (TPSA) is 82.7 Å². The van der Waals surface area contributed by atoms with Crippen LogP contribution >= 0.6 is 0 Å². The predicted octanol–water partition coefficient (Wildman–Crippen LogP) is 4.87. The fraction of sp³-hybridized carbons (Fsp3) is 0.286. The minimum Gasteiger partial charge on any atom is -0.373 e. The normalized spacial score (nSPS) is 18.0. The first-order chi connectivity index (χ1) is 16.9. The summed E-state index contributed by atoms with van der Waals surface area (Å²) in [5.41, 5.74) is 4.14. The predicted molar refractivity (Wildman–Crippen MR) is 138 cm³/mol. The van der Waals surface area contributed by atoms with Gasteiger partial charge in [0.2, 0.25) is 0 Å². The molecule has 4 rings (SSSR count). The van der Waals surface area contributed by atoms with Crippen molar-refractivity contribution < 1.29 is 14.3 Å². The second-order valence-corrected chi connectivity index (χ2v) is 8.97. The lowest BCUT2D eigenvalue weighted by Crippen LogP contribution is -2.44. The molecule has 3 amide bonds. The molecule has 2 atom stereocenters. The highest BCUT2D eigenvalue weighted by Gasteiger charge is 2.21. The molecule has 1 saturated heterocycles. The number of nitrogens with zero attached hydrogens (tertiary/aromatic N) is 1. The highest BCUT2D eigenvalue weighted by molar-refractivity contribution is 6.00. The number of anilines is 2. The van der Waals surface area contributed by atoms with Crippen molar-refractivity contribution in [2.24, 2.45) is 0 Å². The molecule has 0 aliphatic carbocycles. The molecule has 35 heavy (non-hydrogen) atoms. The molecule has 182 valence electrons. The molecule has 0 radical (unpaired) electrons. The first kappa shape index (κ1) is 24.4. The van der Waals surface area contributed by atoms with Gasteiger partial charge in [0.05, 0.1) is 12.2 Å². The number of hydrogen-bond acceptors (Lipinski definition) is 4. The average Bonchev–Trinajstić information content (AvgIpc) is 2.84. The van der Waals surface area contributed by atoms with Crippen LogP contribution in [0.1, 0.15) is 35.3 Å². The third-order valence-electron chi connectivity index (χ3n) is 5.81. The number of carbonyl (C=O) groups is 2. The molecule has 0 aromatic heterocycles. The van der Waals surface area contributed by atoms with Gasteiger partial charge in [-0.15, -0.1) is 0 Å². The molecule has 1 fully saturated rings. The van der Waals surface area contributed by atoms with Crippen LogP contribution in [0.15, 0.2) is 78.9 Å². The third-order valence-corrected chi connectivity index (χ3v) is 5.81. The number of nitrogens with one attached hydrogen (secondary N) is 3. The standard InChI is InChI=1S/C28H32N4O3/c1-20-17-32(18-21(2)35-20)19-23-10-8-22(9-11-23)16-29-27(33)24-12-14-26(15-13-24)31-28(34)30-25-6-4-3-5-7-25/h3-15,20-21H,16-19H2,1-2H3,(H,29,33)(H2,30,31,34). The SMILES string of the molecule is CC1CN(Cc2ccc(CNC(=O)c3ccc(NC(=O)Nc4ccccc4)cc3)cc2)CC(C)O1. The van der Waals surface area contributed by atoms with E-state index in [1.807, 2.05) is 30.3 Å². The van der Waals surface area contributed by atoms with Crippen LogP contribution in [-0.2, 0) is 17.8 Å². The van der Waals surface area contributed by atoms with E-state index in [9.17, 15) is 9.59 Å². The van der Waals surface area contributed by atoms with Crippen molar-refractivity contribution in [2.75, 3.05) is 23.7 Å². The number of amides is 3. The highest BCUT2D eigenvalue weighted by atomic mass is 16.5. The van der Waals surface area contributed by atoms with Crippen molar-refractivity contribution in [1.29, 1.82) is 0 Å². The Morgan fingerprint density at radius 1 is 0.800 bits per heavy atom. The van der Waals surface area contributed by atoms with Gasteiger partial charge in [0.15, 0.2) is 0 Å². The molecule has 0 spiro atoms. The van der Waals surface area contributed by atoms with Crippen molar-refractivity contribution in [1.82, 2.24) is 10.2 Å². The second kappa shape index (κ2) is 11.6. The van der Waals surface area contributed by atoms with Gasteiger partial charge in [-0.25, -0.2) is 4.79 Å². The molecule has 1 aliphatic heterocycles. The quantitative estimate of drug-likeness (QED) is 0.458. The molecule has 3 aromatic rings. The van der Waals surface area contributed by atoms with Gasteiger partial charge in [-0.2, -0.15) is 0 Å². The second-order valence-electron chi connectivity index (χ2n) is 8.97. The Hall–Kier alpha value is -3.68. The zero-order chi connectivity index (χ0) is 24.6. The van der Waals surface area contributed by atoms with Crippen LogP contribution in [0.5, 0.6) is 0 Å². The lowest BCUT2D eigenvalue weighted by molar-refractivity contribution is -0.0704. The minimum atomic E-state index is -0.338. The highest BCUT2D eigenvalue weighted by Crippen LogP contribution is 2.15. The molecule has 0 saturated carbocycles. The van der Waals surface area contributed by atoms with E-state index >= 15 is 0 Å². The van der Waals surface area contributed by atoms with Crippen molar-refractivity contribution in [3.63, 3.8) is 0 Å². The number of carbonyl (C=O) groups excluding carboxylic acids is 2. The van der Waals surface area contributed by atoms with Crippen LogP contribution in [0.3, 0.4) is 0 Å². The van der Waals surface area contributed by atoms with E-state index in [0.29, 0.717) is 23.5 Å². The van der Waals surface area contributed by atoms with Crippen molar-refractivity contribution in [3.8, 4) is 0 Å². The smallest absolute Gasteiger partial charge is 0.323 e. The number of para-hydroxylation sites is 1. The van der Waals surface area contributed by atoms with E-state index in [1.54, 1.807) is 24.3 Å². The van der Waals surface area contributed by atoms with E-state index < -0.39 is 0 Å². The van der Waals surface area contributed by atoms with Crippen LogP contribution in [0.2, 0.25) is 0 Å². The average molecular weight is 473 g/mol. The van der Waals surface area contributed by atoms with Gasteiger partial charge in [-0.3, -0.25) is 9.69 Å². The summed E-state index contributed by atoms with van der Waals surface area (Å²) in [7, 11) is 0. The summed E-state index contributed by atoms with van der Waals surface area (Å²) in [4.78, 5) is 27.1. The molecule has 3 aromatic carbocycles. The van der Waals surface area contributed by atoms with Crippen LogP contribution < -0.4 is 16.0 Å². The van der Waals surface area contributed by atoms with Crippen molar-refractivity contribution in [3.05, 3.63) is 95.6 Å². The summed E-state index contributed by atoms with van der Waals surface area (Å²) in [5, 5.41) is 8.48. The number of benzene rings is 3. The van der Waals surface area contributed by atoms with Gasteiger partial charge in [0.1, 0.15) is 0 Å². The zero-order valence-corrected chi connectivity index (χ0v) is 20.2. The van der Waals surface area contributed by atoms with Crippen LogP contribution in [0.4, 0.5) is 16.2 Å². The number of urea groups is 1. The zero-order valence-electron chi connectivity index (χ0n) is 20.2. The Morgan fingerprint density at radius 2 is 1.37 bits per heavy atom. The van der Waals surface area contributed by atoms with Crippen LogP contribution in [0.25, 0.3) is 0 Å². The van der Waals surface area contributed by atoms with E-state index in [2.05, 4.69) is 59.0 Å². The fourth-order valence-corrected chi connectivity index (χ4v) is 4.24. The van der Waals surface area contributed by atoms with Crippen LogP contribution in [-0.4, -0.2) is 42.1 Å². The Morgan fingerprint density at radius 3 is 2.00 bits per heavy atom. The molecule has 0 bridgehead atoms. The number of morpholine rings is 1. The maximum atomic E-state index is 12.6. The number of hydrogen-bond donors (Lipinski definition) is 3. The number of ether oxygens (including phenoxy) is 1. The lowest BCUT2D eigenvalue weighted by atomic mass is 10.1. The minimum absolute atomic E-state index is 0.161. The summed E-state index contributed by atoms with van der Waals surface area (Å²) >= 11 is 0. The van der Waals surface area contributed by atoms with Gasteiger partial charge in [0, 0.05) is 43.1 Å². The third kappa shape index (κ3) is 7.40. The monoisotopic (exact) mass is 472 g/mol. The molecular formula is C28H32N4O3. The largest absolute Gasteiger partial charge is 0.373 e. The Kier molecular flexibility index (Phi) is 8.13. The molecule has 1 aliphatic rings. The first-order valence-corrected chi connectivity index (χ1v) is 11.9. The summed E-state index contributed by atoms with van der Waals surface area (Å²) in [6, 6.07) is 24.0. The lowest BCUT2D eigenvalue weighted by Gasteiger charge is -2.35.